The number of nitrogens with zero attached hydrogens (tertiary/aromatic N) is 2. The van der Waals surface area contributed by atoms with Crippen molar-refractivity contribution in [1.29, 1.82) is 0 Å². The number of aliphatic hydroxyl groups is 2. The number of aliphatic imine (C=N–C) groups is 1. The van der Waals surface area contributed by atoms with Gasteiger partial charge in [0.2, 0.25) is 5.84 Å². The Balaban J connectivity index is 1.84. The second kappa shape index (κ2) is 12.8. The molecule has 230 valence electrons. The van der Waals surface area contributed by atoms with Crippen LogP contribution in [0.2, 0.25) is 0 Å². The molecule has 1 aliphatic rings. The largest absolute Gasteiger partial charge is 0.390 e. The van der Waals surface area contributed by atoms with E-state index in [2.05, 4.69) is 152 Å². The fourth-order valence-electron chi connectivity index (χ4n) is 7.92. The highest BCUT2D eigenvalue weighted by atomic mass is 16.3. The summed E-state index contributed by atoms with van der Waals surface area (Å²) in [6, 6.07) is 63.2. The van der Waals surface area contributed by atoms with Gasteiger partial charge < -0.3 is 10.2 Å². The molecule has 1 aliphatic heterocycles. The molecular formula is C43H37N2O2+. The number of quaternary nitrogens is 1. The van der Waals surface area contributed by atoms with Crippen molar-refractivity contribution in [3.63, 3.8) is 0 Å². The van der Waals surface area contributed by atoms with Gasteiger partial charge in [-0.2, -0.15) is 4.99 Å². The number of aliphatic hydroxyl groups excluding tert-OH is 2. The molecule has 6 aromatic rings. The summed E-state index contributed by atoms with van der Waals surface area (Å²) < 4.78 is 0.00245. The molecule has 0 saturated heterocycles. The molecule has 0 saturated carbocycles. The van der Waals surface area contributed by atoms with Crippen LogP contribution in [-0.4, -0.2) is 33.7 Å². The lowest BCUT2D eigenvalue weighted by atomic mass is 9.65. The lowest BCUT2D eigenvalue weighted by molar-refractivity contribution is -0.888. The Labute approximate surface area is 276 Å². The number of benzene rings is 6. The Morgan fingerprint density at radius 2 is 0.638 bits per heavy atom. The van der Waals surface area contributed by atoms with Crippen molar-refractivity contribution in [2.45, 2.75) is 11.1 Å². The number of rotatable bonds is 10. The van der Waals surface area contributed by atoms with Crippen LogP contribution in [0.15, 0.2) is 199 Å². The Bertz CT molecular complexity index is 1660. The molecule has 0 aromatic heterocycles. The highest BCUT2D eigenvalue weighted by Crippen LogP contribution is 2.61. The van der Waals surface area contributed by atoms with Gasteiger partial charge in [-0.3, -0.25) is 0 Å². The van der Waals surface area contributed by atoms with Crippen LogP contribution in [0.3, 0.4) is 0 Å². The summed E-state index contributed by atoms with van der Waals surface area (Å²) in [5, 5.41) is 22.6. The molecule has 0 unspecified atom stereocenters. The Kier molecular flexibility index (Phi) is 8.23. The van der Waals surface area contributed by atoms with Crippen molar-refractivity contribution in [3.8, 4) is 0 Å². The second-order valence-electron chi connectivity index (χ2n) is 11.8. The topological polar surface area (TPSA) is 52.8 Å². The Morgan fingerprint density at radius 3 is 0.851 bits per heavy atom. The first kappa shape index (κ1) is 30.3. The SMILES string of the molecule is OCC1=C[N+](C(c2ccccc2)(c2ccccc2)c2ccccc2)(C(c2ccccc2)(c2ccccc2)c2ccccc2)C(CO)=N1. The summed E-state index contributed by atoms with van der Waals surface area (Å²) in [6.45, 7) is -0.630. The monoisotopic (exact) mass is 613 g/mol. The number of hydrogen-bond acceptors (Lipinski definition) is 3. The van der Waals surface area contributed by atoms with Gasteiger partial charge in [-0.05, 0) is 0 Å². The van der Waals surface area contributed by atoms with Gasteiger partial charge in [0.15, 0.2) is 11.1 Å². The van der Waals surface area contributed by atoms with E-state index in [1.54, 1.807) is 0 Å². The van der Waals surface area contributed by atoms with Gasteiger partial charge in [0, 0.05) is 33.4 Å². The minimum Gasteiger partial charge on any atom is -0.390 e. The summed E-state index contributed by atoms with van der Waals surface area (Å²) in [7, 11) is 0. The molecule has 0 bridgehead atoms. The molecule has 7 rings (SSSR count). The van der Waals surface area contributed by atoms with Crippen molar-refractivity contribution >= 4 is 5.84 Å². The van der Waals surface area contributed by atoms with Crippen LogP contribution >= 0.6 is 0 Å². The predicted octanol–water partition coefficient (Wildman–Crippen LogP) is 8.03. The van der Waals surface area contributed by atoms with Crippen LogP contribution in [0.4, 0.5) is 0 Å². The summed E-state index contributed by atoms with van der Waals surface area (Å²) in [5.74, 6) is 0.516. The Morgan fingerprint density at radius 1 is 0.383 bits per heavy atom. The maximum Gasteiger partial charge on any atom is 0.236 e. The fourth-order valence-corrected chi connectivity index (χ4v) is 7.92. The minimum atomic E-state index is -1.04. The van der Waals surface area contributed by atoms with E-state index in [4.69, 9.17) is 4.99 Å². The van der Waals surface area contributed by atoms with Crippen LogP contribution in [0.25, 0.3) is 0 Å². The molecule has 4 nitrogen and oxygen atoms in total. The van der Waals surface area contributed by atoms with Crippen LogP contribution in [-0.2, 0) is 11.1 Å². The van der Waals surface area contributed by atoms with Crippen LogP contribution in [0.5, 0.6) is 0 Å². The zero-order chi connectivity index (χ0) is 32.2. The molecule has 1 heterocycles. The van der Waals surface area contributed by atoms with E-state index in [0.717, 1.165) is 33.4 Å². The molecule has 0 amide bonds. The van der Waals surface area contributed by atoms with Gasteiger partial charge in [-0.15, -0.1) is 0 Å². The first-order valence-electron chi connectivity index (χ1n) is 16.0. The first-order valence-corrected chi connectivity index (χ1v) is 16.0. The summed E-state index contributed by atoms with van der Waals surface area (Å²) >= 11 is 0. The average molecular weight is 614 g/mol. The third-order valence-electron chi connectivity index (χ3n) is 9.53. The molecule has 4 heteroatoms. The van der Waals surface area contributed by atoms with Crippen molar-refractivity contribution in [2.24, 2.45) is 4.99 Å². The highest BCUT2D eigenvalue weighted by molar-refractivity contribution is 5.84. The standard InChI is InChI=1S/C43H37N2O2/c46-32-40-31-45(41(33-47)44-40,42(34-19-7-1-8-20-34,35-21-9-2-10-22-35)36-23-11-3-12-24-36)43(37-25-13-4-14-26-37,38-27-15-5-16-28-38)39-29-17-6-18-30-39/h1-31,46-47H,32-33H2/q+1. The molecule has 2 N–H and O–H groups in total. The van der Waals surface area contributed by atoms with Crippen molar-refractivity contribution in [1.82, 2.24) is 0 Å². The minimum absolute atomic E-state index is 0.00245. The fraction of sp³-hybridized carbons (Fsp3) is 0.0930. The lowest BCUT2D eigenvalue weighted by Crippen LogP contribution is -2.72. The molecule has 0 spiro atoms. The molecular weight excluding hydrogens is 576 g/mol. The summed E-state index contributed by atoms with van der Waals surface area (Å²) in [6.07, 6.45) is 2.10. The van der Waals surface area contributed by atoms with Crippen LogP contribution < -0.4 is 0 Å². The Hall–Kier alpha value is -5.39. The van der Waals surface area contributed by atoms with Crippen molar-refractivity contribution < 1.29 is 14.7 Å². The van der Waals surface area contributed by atoms with E-state index in [9.17, 15) is 10.2 Å². The summed E-state index contributed by atoms with van der Waals surface area (Å²) in [5.41, 5.74) is 4.51. The maximum absolute atomic E-state index is 11.7. The lowest BCUT2D eigenvalue weighted by Gasteiger charge is -2.59. The smallest absolute Gasteiger partial charge is 0.236 e. The van der Waals surface area contributed by atoms with E-state index in [1.807, 2.05) is 36.4 Å². The molecule has 0 aliphatic carbocycles. The predicted molar refractivity (Wildman–Crippen MR) is 188 cm³/mol. The van der Waals surface area contributed by atoms with E-state index < -0.39 is 11.1 Å². The van der Waals surface area contributed by atoms with Gasteiger partial charge in [0.1, 0.15) is 18.5 Å². The number of hydrogen-bond donors (Lipinski definition) is 2. The van der Waals surface area contributed by atoms with Gasteiger partial charge in [-0.25, -0.2) is 4.48 Å². The van der Waals surface area contributed by atoms with Crippen molar-refractivity contribution in [2.75, 3.05) is 13.2 Å². The van der Waals surface area contributed by atoms with Crippen molar-refractivity contribution in [3.05, 3.63) is 227 Å². The second-order valence-corrected chi connectivity index (χ2v) is 11.8. The molecule has 0 radical (unpaired) electrons. The number of amidine groups is 1. The molecule has 6 aromatic carbocycles. The van der Waals surface area contributed by atoms with Crippen LogP contribution in [0, 0.1) is 0 Å². The summed E-state index contributed by atoms with van der Waals surface area (Å²) in [4.78, 5) is 5.11. The molecule has 0 fully saturated rings. The van der Waals surface area contributed by atoms with E-state index in [0.29, 0.717) is 11.5 Å². The van der Waals surface area contributed by atoms with Gasteiger partial charge in [-0.1, -0.05) is 182 Å². The van der Waals surface area contributed by atoms with Crippen LogP contribution in [0.1, 0.15) is 33.4 Å². The first-order chi connectivity index (χ1) is 23.2. The van der Waals surface area contributed by atoms with Gasteiger partial charge in [0.25, 0.3) is 0 Å². The average Bonchev–Trinajstić information content (AvgIpc) is 3.55. The van der Waals surface area contributed by atoms with E-state index in [-0.39, 0.29) is 17.7 Å². The quantitative estimate of drug-likeness (QED) is 0.121. The molecule has 0 atom stereocenters. The van der Waals surface area contributed by atoms with E-state index >= 15 is 0 Å². The van der Waals surface area contributed by atoms with E-state index in [1.165, 1.54) is 0 Å². The van der Waals surface area contributed by atoms with Gasteiger partial charge >= 0.3 is 0 Å². The normalized spacial score (nSPS) is 14.3. The molecule has 47 heavy (non-hydrogen) atoms. The third kappa shape index (κ3) is 4.53. The van der Waals surface area contributed by atoms with Gasteiger partial charge in [0.05, 0.1) is 6.61 Å². The third-order valence-corrected chi connectivity index (χ3v) is 9.53. The zero-order valence-corrected chi connectivity index (χ0v) is 26.1. The zero-order valence-electron chi connectivity index (χ0n) is 26.1. The maximum atomic E-state index is 11.7. The highest BCUT2D eigenvalue weighted by Gasteiger charge is 2.70.